The summed E-state index contributed by atoms with van der Waals surface area (Å²) in [6, 6.07) is 3.50. The number of carbonyl (C=O) groups is 1. The minimum atomic E-state index is -4.75. The fourth-order valence-electron chi connectivity index (χ4n) is 6.48. The number of rotatable bonds is 5. The van der Waals surface area contributed by atoms with E-state index in [2.05, 4.69) is 21.6 Å². The van der Waals surface area contributed by atoms with Crippen LogP contribution in [0, 0.1) is 18.3 Å². The van der Waals surface area contributed by atoms with Crippen molar-refractivity contribution in [2.24, 2.45) is 7.05 Å². The van der Waals surface area contributed by atoms with Crippen molar-refractivity contribution < 1.29 is 18.0 Å². The summed E-state index contributed by atoms with van der Waals surface area (Å²) < 4.78 is 44.4. The molecule has 2 atom stereocenters. The van der Waals surface area contributed by atoms with Gasteiger partial charge >= 0.3 is 6.18 Å². The van der Waals surface area contributed by atoms with Crippen LogP contribution in [0.5, 0.6) is 0 Å². The van der Waals surface area contributed by atoms with E-state index in [0.29, 0.717) is 45.8 Å². The van der Waals surface area contributed by atoms with Gasteiger partial charge in [0.2, 0.25) is 5.91 Å². The lowest BCUT2D eigenvalue weighted by molar-refractivity contribution is -0.141. The van der Waals surface area contributed by atoms with Gasteiger partial charge in [0.15, 0.2) is 5.69 Å². The Morgan fingerprint density at radius 2 is 1.85 bits per heavy atom. The van der Waals surface area contributed by atoms with E-state index in [1.807, 2.05) is 47.6 Å². The van der Waals surface area contributed by atoms with Crippen LogP contribution in [0.4, 0.5) is 24.7 Å². The zero-order valence-electron chi connectivity index (χ0n) is 23.2. The van der Waals surface area contributed by atoms with Crippen LogP contribution in [0.15, 0.2) is 24.9 Å². The molecule has 0 radical (unpaired) electrons. The van der Waals surface area contributed by atoms with Gasteiger partial charge in [-0.1, -0.05) is 6.58 Å². The van der Waals surface area contributed by atoms with Gasteiger partial charge in [0, 0.05) is 82.6 Å². The number of halogens is 3. The standard InChI is InChI=1S/C28H35F3N8O/c1-5-25(40)38-12-10-36(11-13-38)23-17-39(19(23)3)22-14-24(34-27(21(22)15-32)28(29,30)31)37-8-6-20(7-9-37)26-18(2)16-33-35(26)4/h5,14,16,19-20,23H,1,6-13,17H2,2-4H3/t19-,23-/m1/s1. The number of piperidine rings is 1. The molecule has 0 N–H and O–H groups in total. The Morgan fingerprint density at radius 3 is 2.38 bits per heavy atom. The molecule has 0 aromatic carbocycles. The highest BCUT2D eigenvalue weighted by Gasteiger charge is 2.45. The first kappa shape index (κ1) is 28.0. The van der Waals surface area contributed by atoms with Crippen LogP contribution in [0.3, 0.4) is 0 Å². The number of hydrogen-bond donors (Lipinski definition) is 0. The minimum Gasteiger partial charge on any atom is -0.364 e. The molecule has 0 spiro atoms. The Morgan fingerprint density at radius 1 is 1.18 bits per heavy atom. The monoisotopic (exact) mass is 556 g/mol. The predicted octanol–water partition coefficient (Wildman–Crippen LogP) is 3.31. The number of hydrogen-bond acceptors (Lipinski definition) is 7. The van der Waals surface area contributed by atoms with E-state index in [0.717, 1.165) is 18.4 Å². The summed E-state index contributed by atoms with van der Waals surface area (Å²) in [5.74, 6) is 0.445. The zero-order valence-corrected chi connectivity index (χ0v) is 23.2. The molecule has 3 aliphatic rings. The van der Waals surface area contributed by atoms with Gasteiger partial charge in [0.25, 0.3) is 0 Å². The maximum absolute atomic E-state index is 14.2. The average Bonchev–Trinajstić information content (AvgIpc) is 3.28. The van der Waals surface area contributed by atoms with Crippen LogP contribution in [0.1, 0.15) is 48.2 Å². The van der Waals surface area contributed by atoms with Gasteiger partial charge in [0.05, 0.1) is 11.9 Å². The maximum atomic E-state index is 14.2. The van der Waals surface area contributed by atoms with Gasteiger partial charge in [-0.2, -0.15) is 23.5 Å². The molecule has 3 aliphatic heterocycles. The van der Waals surface area contributed by atoms with Crippen molar-refractivity contribution in [2.45, 2.75) is 50.9 Å². The molecule has 1 amide bonds. The molecule has 0 unspecified atom stereocenters. The first-order chi connectivity index (χ1) is 19.0. The first-order valence-corrected chi connectivity index (χ1v) is 13.7. The van der Waals surface area contributed by atoms with Crippen molar-refractivity contribution >= 4 is 17.4 Å². The summed E-state index contributed by atoms with van der Waals surface area (Å²) in [7, 11) is 1.92. The number of aromatic nitrogens is 3. The average molecular weight is 557 g/mol. The van der Waals surface area contributed by atoms with Crippen molar-refractivity contribution in [3.8, 4) is 6.07 Å². The molecule has 5 heterocycles. The number of nitrogens with zero attached hydrogens (tertiary/aromatic N) is 8. The predicted molar refractivity (Wildman–Crippen MR) is 145 cm³/mol. The summed E-state index contributed by atoms with van der Waals surface area (Å²) in [5, 5.41) is 14.2. The van der Waals surface area contributed by atoms with E-state index < -0.39 is 17.4 Å². The molecular weight excluding hydrogens is 521 g/mol. The fraction of sp³-hybridized carbons (Fsp3) is 0.571. The highest BCUT2D eigenvalue weighted by molar-refractivity contribution is 5.87. The summed E-state index contributed by atoms with van der Waals surface area (Å²) in [6.07, 6.45) is -0.0353. The molecule has 12 heteroatoms. The van der Waals surface area contributed by atoms with Crippen molar-refractivity contribution in [1.29, 1.82) is 5.26 Å². The van der Waals surface area contributed by atoms with E-state index in [-0.39, 0.29) is 35.4 Å². The molecule has 0 bridgehead atoms. The highest BCUT2D eigenvalue weighted by atomic mass is 19.4. The number of amides is 1. The normalized spacial score (nSPS) is 22.7. The quantitative estimate of drug-likeness (QED) is 0.523. The van der Waals surface area contributed by atoms with Crippen LogP contribution in [0.25, 0.3) is 0 Å². The molecule has 3 saturated heterocycles. The lowest BCUT2D eigenvalue weighted by Gasteiger charge is -2.54. The Hall–Kier alpha value is -3.59. The number of anilines is 2. The summed E-state index contributed by atoms with van der Waals surface area (Å²) in [5.41, 5.74) is 1.02. The number of nitriles is 1. The third kappa shape index (κ3) is 5.03. The summed E-state index contributed by atoms with van der Waals surface area (Å²) >= 11 is 0. The van der Waals surface area contributed by atoms with E-state index in [1.165, 1.54) is 11.8 Å². The van der Waals surface area contributed by atoms with Gasteiger partial charge in [-0.25, -0.2) is 4.98 Å². The van der Waals surface area contributed by atoms with Gasteiger partial charge in [-0.05, 0) is 38.3 Å². The minimum absolute atomic E-state index is 0.0925. The second-order valence-corrected chi connectivity index (χ2v) is 11.0. The largest absolute Gasteiger partial charge is 0.434 e. The number of piperazine rings is 1. The molecule has 9 nitrogen and oxygen atoms in total. The molecule has 0 aliphatic carbocycles. The second-order valence-electron chi connectivity index (χ2n) is 11.0. The Kier molecular flexibility index (Phi) is 7.52. The molecular formula is C28H35F3N8O. The highest BCUT2D eigenvalue weighted by Crippen LogP contribution is 2.41. The van der Waals surface area contributed by atoms with Crippen molar-refractivity contribution in [3.05, 3.63) is 47.4 Å². The number of aryl methyl sites for hydroxylation is 2. The number of pyridine rings is 1. The Bertz CT molecular complexity index is 1300. The SMILES string of the molecule is C=CC(=O)N1CCN([C@@H]2CN(c3cc(N4CCC(c5c(C)cnn5C)CC4)nc(C(F)(F)F)c3C#N)[C@@H]2C)CC1. The van der Waals surface area contributed by atoms with Gasteiger partial charge in [-0.15, -0.1) is 0 Å². The van der Waals surface area contributed by atoms with Crippen LogP contribution in [-0.2, 0) is 18.0 Å². The molecule has 2 aromatic rings. The van der Waals surface area contributed by atoms with Crippen molar-refractivity contribution in [3.63, 3.8) is 0 Å². The number of carbonyl (C=O) groups excluding carboxylic acids is 1. The van der Waals surface area contributed by atoms with Gasteiger partial charge in [0.1, 0.15) is 17.5 Å². The van der Waals surface area contributed by atoms with E-state index in [1.54, 1.807) is 11.0 Å². The molecule has 0 saturated carbocycles. The van der Waals surface area contributed by atoms with Gasteiger partial charge < -0.3 is 14.7 Å². The van der Waals surface area contributed by atoms with Crippen LogP contribution in [-0.4, -0.2) is 88.4 Å². The molecule has 3 fully saturated rings. The third-order valence-electron chi connectivity index (χ3n) is 8.76. The molecule has 40 heavy (non-hydrogen) atoms. The fourth-order valence-corrected chi connectivity index (χ4v) is 6.48. The summed E-state index contributed by atoms with van der Waals surface area (Å²) in [6.45, 7) is 11.7. The summed E-state index contributed by atoms with van der Waals surface area (Å²) in [4.78, 5) is 23.8. The Balaban J connectivity index is 1.36. The van der Waals surface area contributed by atoms with Crippen molar-refractivity contribution in [1.82, 2.24) is 24.6 Å². The Labute approximate surface area is 232 Å². The van der Waals surface area contributed by atoms with Gasteiger partial charge in [-0.3, -0.25) is 14.4 Å². The smallest absolute Gasteiger partial charge is 0.364 e. The van der Waals surface area contributed by atoms with Crippen LogP contribution in [0.2, 0.25) is 0 Å². The molecule has 214 valence electrons. The third-order valence-corrected chi connectivity index (χ3v) is 8.76. The van der Waals surface area contributed by atoms with Crippen LogP contribution < -0.4 is 9.80 Å². The number of alkyl halides is 3. The van der Waals surface area contributed by atoms with Crippen LogP contribution >= 0.6 is 0 Å². The lowest BCUT2D eigenvalue weighted by Crippen LogP contribution is -2.68. The molecule has 2 aromatic heterocycles. The topological polar surface area (TPSA) is 84.5 Å². The lowest BCUT2D eigenvalue weighted by atomic mass is 9.91. The van der Waals surface area contributed by atoms with E-state index in [9.17, 15) is 23.2 Å². The molecule has 5 rings (SSSR count). The van der Waals surface area contributed by atoms with E-state index >= 15 is 0 Å². The first-order valence-electron chi connectivity index (χ1n) is 13.7. The van der Waals surface area contributed by atoms with E-state index in [4.69, 9.17) is 0 Å². The second kappa shape index (κ2) is 10.8. The zero-order chi connectivity index (χ0) is 28.8. The van der Waals surface area contributed by atoms with Crippen molar-refractivity contribution in [2.75, 3.05) is 55.6 Å². The maximum Gasteiger partial charge on any atom is 0.434 e.